The fourth-order valence-electron chi connectivity index (χ4n) is 2.41. The Morgan fingerprint density at radius 2 is 1.83 bits per heavy atom. The van der Waals surface area contributed by atoms with Crippen LogP contribution in [0.2, 0.25) is 0 Å². The zero-order valence-corrected chi connectivity index (χ0v) is 14.3. The first-order chi connectivity index (χ1) is 11.6. The van der Waals surface area contributed by atoms with E-state index in [1.54, 1.807) is 20.3 Å². The van der Waals surface area contributed by atoms with Gasteiger partial charge in [-0.2, -0.15) is 0 Å². The fraction of sp³-hybridized carbons (Fsp3) is 0.250. The number of hydrogen-bond donors (Lipinski definition) is 1. The van der Waals surface area contributed by atoms with E-state index < -0.39 is 0 Å². The molecule has 0 spiro atoms. The highest BCUT2D eigenvalue weighted by Gasteiger charge is 2.06. The summed E-state index contributed by atoms with van der Waals surface area (Å²) in [7, 11) is 3.25. The lowest BCUT2D eigenvalue weighted by atomic mass is 10.1. The summed E-state index contributed by atoms with van der Waals surface area (Å²) in [4.78, 5) is 12.0. The Balaban J connectivity index is 1.91. The van der Waals surface area contributed by atoms with Crippen molar-refractivity contribution in [1.29, 1.82) is 0 Å². The maximum atomic E-state index is 12.0. The Kier molecular flexibility index (Phi) is 6.43. The van der Waals surface area contributed by atoms with Gasteiger partial charge in [0, 0.05) is 18.7 Å². The molecule has 0 aliphatic carbocycles. The van der Waals surface area contributed by atoms with Crippen LogP contribution in [0, 0.1) is 0 Å². The zero-order valence-electron chi connectivity index (χ0n) is 14.3. The molecule has 24 heavy (non-hydrogen) atoms. The minimum absolute atomic E-state index is 0.0937. The van der Waals surface area contributed by atoms with Gasteiger partial charge in [-0.1, -0.05) is 36.4 Å². The molecule has 1 N–H and O–H groups in total. The average Bonchev–Trinajstić information content (AvgIpc) is 2.62. The Morgan fingerprint density at radius 1 is 1.08 bits per heavy atom. The number of nitrogens with one attached hydrogen (secondary N) is 1. The third-order valence-corrected chi connectivity index (χ3v) is 3.76. The summed E-state index contributed by atoms with van der Waals surface area (Å²) in [5.74, 6) is 1.42. The van der Waals surface area contributed by atoms with Gasteiger partial charge in [-0.3, -0.25) is 4.79 Å². The van der Waals surface area contributed by atoms with Gasteiger partial charge in [-0.25, -0.2) is 0 Å². The number of carbonyl (C=O) groups is 1. The minimum atomic E-state index is -0.0937. The molecule has 0 radical (unpaired) electrons. The molecule has 0 saturated carbocycles. The summed E-state index contributed by atoms with van der Waals surface area (Å²) in [6.45, 7) is 2.47. The summed E-state index contributed by atoms with van der Waals surface area (Å²) >= 11 is 0. The maximum Gasteiger partial charge on any atom is 0.244 e. The van der Waals surface area contributed by atoms with Gasteiger partial charge < -0.3 is 14.8 Å². The van der Waals surface area contributed by atoms with Crippen molar-refractivity contribution < 1.29 is 14.3 Å². The van der Waals surface area contributed by atoms with Crippen LogP contribution in [0.25, 0.3) is 5.57 Å². The quantitative estimate of drug-likeness (QED) is 0.793. The van der Waals surface area contributed by atoms with Crippen LogP contribution < -0.4 is 14.8 Å². The van der Waals surface area contributed by atoms with Crippen molar-refractivity contribution in [3.8, 4) is 11.5 Å². The number of rotatable bonds is 7. The molecule has 4 heteroatoms. The fourth-order valence-corrected chi connectivity index (χ4v) is 2.41. The van der Waals surface area contributed by atoms with E-state index in [-0.39, 0.29) is 5.91 Å². The van der Waals surface area contributed by atoms with E-state index in [1.807, 2.05) is 55.5 Å². The minimum Gasteiger partial charge on any atom is -0.497 e. The molecule has 0 fully saturated rings. The van der Waals surface area contributed by atoms with Gasteiger partial charge in [-0.05, 0) is 36.1 Å². The van der Waals surface area contributed by atoms with E-state index in [1.165, 1.54) is 0 Å². The van der Waals surface area contributed by atoms with Crippen LogP contribution in [0.3, 0.4) is 0 Å². The number of carbonyl (C=O) groups excluding carboxylic acids is 1. The van der Waals surface area contributed by atoms with Crippen LogP contribution in [-0.4, -0.2) is 26.7 Å². The van der Waals surface area contributed by atoms with E-state index in [0.29, 0.717) is 13.0 Å². The molecule has 1 amide bonds. The summed E-state index contributed by atoms with van der Waals surface area (Å²) in [6.07, 6.45) is 2.32. The first-order valence-electron chi connectivity index (χ1n) is 7.86. The Hall–Kier alpha value is -2.75. The number of methoxy groups -OCH3 is 2. The van der Waals surface area contributed by atoms with Crippen molar-refractivity contribution in [3.63, 3.8) is 0 Å². The number of allylic oxidation sites excluding steroid dienone is 1. The predicted molar refractivity (Wildman–Crippen MR) is 96.4 cm³/mol. The average molecular weight is 325 g/mol. The molecular weight excluding hydrogens is 302 g/mol. The Labute approximate surface area is 143 Å². The topological polar surface area (TPSA) is 47.6 Å². The molecule has 0 aliphatic heterocycles. The van der Waals surface area contributed by atoms with Gasteiger partial charge in [0.25, 0.3) is 0 Å². The largest absolute Gasteiger partial charge is 0.497 e. The van der Waals surface area contributed by atoms with Gasteiger partial charge in [0.05, 0.1) is 14.2 Å². The maximum absolute atomic E-state index is 12.0. The SMILES string of the molecule is COc1ccc(CCNC(=O)/C=C(\C)c2ccccc2)c(OC)c1. The Morgan fingerprint density at radius 3 is 2.50 bits per heavy atom. The monoisotopic (exact) mass is 325 g/mol. The van der Waals surface area contributed by atoms with Crippen molar-refractivity contribution in [1.82, 2.24) is 5.32 Å². The highest BCUT2D eigenvalue weighted by Crippen LogP contribution is 2.24. The first kappa shape index (κ1) is 17.6. The van der Waals surface area contributed by atoms with Crippen molar-refractivity contribution in [2.45, 2.75) is 13.3 Å². The molecule has 126 valence electrons. The van der Waals surface area contributed by atoms with Gasteiger partial charge >= 0.3 is 0 Å². The van der Waals surface area contributed by atoms with Gasteiger partial charge in [0.2, 0.25) is 5.91 Å². The third-order valence-electron chi connectivity index (χ3n) is 3.76. The number of benzene rings is 2. The standard InChI is InChI=1S/C20H23NO3/c1-15(16-7-5-4-6-8-16)13-20(22)21-12-11-17-9-10-18(23-2)14-19(17)24-3/h4-10,13-14H,11-12H2,1-3H3,(H,21,22)/b15-13+. The predicted octanol–water partition coefficient (Wildman–Crippen LogP) is 3.47. The van der Waals surface area contributed by atoms with Crippen LogP contribution in [0.1, 0.15) is 18.1 Å². The van der Waals surface area contributed by atoms with Crippen molar-refractivity contribution >= 4 is 11.5 Å². The molecule has 0 aromatic heterocycles. The Bertz CT molecular complexity index is 708. The van der Waals surface area contributed by atoms with E-state index >= 15 is 0 Å². The zero-order chi connectivity index (χ0) is 17.4. The molecular formula is C20H23NO3. The molecule has 0 bridgehead atoms. The second kappa shape index (κ2) is 8.77. The summed E-state index contributed by atoms with van der Waals surface area (Å²) < 4.78 is 10.5. The second-order valence-corrected chi connectivity index (χ2v) is 5.41. The molecule has 2 aromatic carbocycles. The number of amides is 1. The van der Waals surface area contributed by atoms with Crippen LogP contribution in [0.4, 0.5) is 0 Å². The van der Waals surface area contributed by atoms with Crippen molar-refractivity contribution in [2.75, 3.05) is 20.8 Å². The van der Waals surface area contributed by atoms with Crippen LogP contribution in [0.15, 0.2) is 54.6 Å². The van der Waals surface area contributed by atoms with E-state index in [9.17, 15) is 4.79 Å². The number of hydrogen-bond acceptors (Lipinski definition) is 3. The number of ether oxygens (including phenoxy) is 2. The van der Waals surface area contributed by atoms with Crippen molar-refractivity contribution in [2.24, 2.45) is 0 Å². The van der Waals surface area contributed by atoms with E-state index in [0.717, 1.165) is 28.2 Å². The summed E-state index contributed by atoms with van der Waals surface area (Å²) in [5.41, 5.74) is 3.02. The summed E-state index contributed by atoms with van der Waals surface area (Å²) in [6, 6.07) is 15.5. The molecule has 0 aliphatic rings. The van der Waals surface area contributed by atoms with E-state index in [4.69, 9.17) is 9.47 Å². The highest BCUT2D eigenvalue weighted by atomic mass is 16.5. The lowest BCUT2D eigenvalue weighted by Crippen LogP contribution is -2.24. The molecule has 2 rings (SSSR count). The highest BCUT2D eigenvalue weighted by molar-refractivity contribution is 5.94. The normalized spacial score (nSPS) is 11.0. The van der Waals surface area contributed by atoms with Gasteiger partial charge in [-0.15, -0.1) is 0 Å². The van der Waals surface area contributed by atoms with Crippen LogP contribution in [0.5, 0.6) is 11.5 Å². The van der Waals surface area contributed by atoms with E-state index in [2.05, 4.69) is 5.32 Å². The lowest BCUT2D eigenvalue weighted by molar-refractivity contribution is -0.116. The molecule has 0 heterocycles. The smallest absolute Gasteiger partial charge is 0.244 e. The molecule has 2 aromatic rings. The molecule has 0 atom stereocenters. The van der Waals surface area contributed by atoms with Crippen LogP contribution >= 0.6 is 0 Å². The van der Waals surface area contributed by atoms with Crippen molar-refractivity contribution in [3.05, 3.63) is 65.7 Å². The van der Waals surface area contributed by atoms with Crippen LogP contribution in [-0.2, 0) is 11.2 Å². The summed E-state index contributed by atoms with van der Waals surface area (Å²) in [5, 5.41) is 2.91. The van der Waals surface area contributed by atoms with Gasteiger partial charge in [0.1, 0.15) is 11.5 Å². The molecule has 4 nitrogen and oxygen atoms in total. The molecule has 0 saturated heterocycles. The molecule has 0 unspecified atom stereocenters. The second-order valence-electron chi connectivity index (χ2n) is 5.41. The first-order valence-corrected chi connectivity index (χ1v) is 7.86. The van der Waals surface area contributed by atoms with Gasteiger partial charge in [0.15, 0.2) is 0 Å². The lowest BCUT2D eigenvalue weighted by Gasteiger charge is -2.10. The third kappa shape index (κ3) is 4.88.